The van der Waals surface area contributed by atoms with Crippen molar-refractivity contribution in [2.45, 2.75) is 6.92 Å². The molecule has 4 heteroatoms. The van der Waals surface area contributed by atoms with Gasteiger partial charge in [-0.15, -0.1) is 0 Å². The number of hydrogen-bond acceptors (Lipinski definition) is 2. The predicted molar refractivity (Wildman–Crippen MR) is 81.6 cm³/mol. The van der Waals surface area contributed by atoms with Crippen LogP contribution in [-0.4, -0.2) is 36.0 Å². The van der Waals surface area contributed by atoms with E-state index >= 15 is 0 Å². The fourth-order valence-corrected chi connectivity index (χ4v) is 2.26. The zero-order valence-corrected chi connectivity index (χ0v) is 12.3. The van der Waals surface area contributed by atoms with Gasteiger partial charge in [0.25, 0.3) is 5.91 Å². The number of carboxylic acids is 1. The average molecular weight is 283 g/mol. The molecule has 2 aromatic rings. The molecule has 0 fully saturated rings. The molecule has 0 spiro atoms. The molecule has 4 nitrogen and oxygen atoms in total. The molecule has 0 atom stereocenters. The van der Waals surface area contributed by atoms with Crippen molar-refractivity contribution < 1.29 is 14.7 Å². The van der Waals surface area contributed by atoms with Gasteiger partial charge in [0.15, 0.2) is 0 Å². The van der Waals surface area contributed by atoms with Gasteiger partial charge in [0.2, 0.25) is 0 Å². The minimum Gasteiger partial charge on any atom is -0.478 e. The number of nitrogens with zero attached hydrogens (tertiary/aromatic N) is 1. The summed E-state index contributed by atoms with van der Waals surface area (Å²) in [6.07, 6.45) is 0. The van der Waals surface area contributed by atoms with Gasteiger partial charge in [-0.05, 0) is 41.8 Å². The van der Waals surface area contributed by atoms with Crippen molar-refractivity contribution in [2.24, 2.45) is 0 Å². The van der Waals surface area contributed by atoms with Crippen LogP contribution >= 0.6 is 0 Å². The third kappa shape index (κ3) is 2.94. The van der Waals surface area contributed by atoms with Gasteiger partial charge in [-0.3, -0.25) is 4.79 Å². The average Bonchev–Trinajstić information content (AvgIpc) is 2.46. The Hall–Kier alpha value is -2.62. The molecule has 0 aromatic heterocycles. The van der Waals surface area contributed by atoms with Crippen LogP contribution < -0.4 is 0 Å². The van der Waals surface area contributed by atoms with Crippen molar-refractivity contribution >= 4 is 11.9 Å². The molecule has 1 amide bonds. The van der Waals surface area contributed by atoms with Gasteiger partial charge in [-0.2, -0.15) is 0 Å². The van der Waals surface area contributed by atoms with Crippen molar-refractivity contribution in [3.05, 3.63) is 59.2 Å². The van der Waals surface area contributed by atoms with Crippen LogP contribution in [0.4, 0.5) is 0 Å². The number of carbonyl (C=O) groups is 2. The van der Waals surface area contributed by atoms with E-state index in [9.17, 15) is 14.7 Å². The van der Waals surface area contributed by atoms with E-state index in [-0.39, 0.29) is 11.5 Å². The highest BCUT2D eigenvalue weighted by atomic mass is 16.4. The third-order valence-corrected chi connectivity index (χ3v) is 3.39. The molecule has 2 aromatic carbocycles. The number of rotatable bonds is 3. The van der Waals surface area contributed by atoms with E-state index in [1.54, 1.807) is 51.4 Å². The highest BCUT2D eigenvalue weighted by Gasteiger charge is 2.13. The summed E-state index contributed by atoms with van der Waals surface area (Å²) in [5.41, 5.74) is 3.21. The van der Waals surface area contributed by atoms with E-state index in [1.807, 2.05) is 12.1 Å². The minimum atomic E-state index is -0.949. The molecule has 0 unspecified atom stereocenters. The first-order valence-electron chi connectivity index (χ1n) is 6.57. The van der Waals surface area contributed by atoms with Gasteiger partial charge in [-0.25, -0.2) is 4.79 Å². The zero-order valence-electron chi connectivity index (χ0n) is 12.3. The molecule has 0 bridgehead atoms. The van der Waals surface area contributed by atoms with Crippen molar-refractivity contribution in [3.63, 3.8) is 0 Å². The lowest BCUT2D eigenvalue weighted by molar-refractivity contribution is 0.0695. The Balaban J connectivity index is 2.53. The molecule has 0 heterocycles. The normalized spacial score (nSPS) is 10.2. The molecule has 0 aliphatic rings. The fraction of sp³-hybridized carbons (Fsp3) is 0.176. The second-order valence-electron chi connectivity index (χ2n) is 5.06. The number of carbonyl (C=O) groups excluding carboxylic acids is 1. The van der Waals surface area contributed by atoms with Gasteiger partial charge in [0.05, 0.1) is 5.56 Å². The SMILES string of the molecule is Cc1c(C(=O)O)cccc1-c1cccc(C(=O)N(C)C)c1. The van der Waals surface area contributed by atoms with E-state index < -0.39 is 5.97 Å². The van der Waals surface area contributed by atoms with Crippen LogP contribution in [0.1, 0.15) is 26.3 Å². The molecular formula is C17H17NO3. The summed E-state index contributed by atoms with van der Waals surface area (Å²) in [6.45, 7) is 1.78. The van der Waals surface area contributed by atoms with Gasteiger partial charge >= 0.3 is 5.97 Å². The van der Waals surface area contributed by atoms with Crippen LogP contribution in [0.2, 0.25) is 0 Å². The Bertz CT molecular complexity index is 705. The van der Waals surface area contributed by atoms with Crippen LogP contribution in [0.5, 0.6) is 0 Å². The molecule has 0 aliphatic carbocycles. The van der Waals surface area contributed by atoms with Crippen LogP contribution in [0.15, 0.2) is 42.5 Å². The van der Waals surface area contributed by atoms with Crippen molar-refractivity contribution in [1.29, 1.82) is 0 Å². The maximum atomic E-state index is 12.0. The maximum absolute atomic E-state index is 12.0. The second kappa shape index (κ2) is 5.79. The first kappa shape index (κ1) is 14.8. The summed E-state index contributed by atoms with van der Waals surface area (Å²) in [5, 5.41) is 9.19. The molecular weight excluding hydrogens is 266 g/mol. The lowest BCUT2D eigenvalue weighted by atomic mass is 9.95. The lowest BCUT2D eigenvalue weighted by Crippen LogP contribution is -2.21. The van der Waals surface area contributed by atoms with E-state index in [1.165, 1.54) is 4.90 Å². The second-order valence-corrected chi connectivity index (χ2v) is 5.06. The molecule has 21 heavy (non-hydrogen) atoms. The van der Waals surface area contributed by atoms with Gasteiger partial charge < -0.3 is 10.0 Å². The number of amides is 1. The van der Waals surface area contributed by atoms with E-state index in [0.29, 0.717) is 11.1 Å². The molecule has 0 saturated heterocycles. The first-order valence-corrected chi connectivity index (χ1v) is 6.57. The van der Waals surface area contributed by atoms with Crippen LogP contribution in [0.25, 0.3) is 11.1 Å². The van der Waals surface area contributed by atoms with Crippen molar-refractivity contribution in [1.82, 2.24) is 4.90 Å². The van der Waals surface area contributed by atoms with Crippen LogP contribution in [-0.2, 0) is 0 Å². The quantitative estimate of drug-likeness (QED) is 0.941. The Morgan fingerprint density at radius 1 is 1.05 bits per heavy atom. The van der Waals surface area contributed by atoms with Crippen molar-refractivity contribution in [3.8, 4) is 11.1 Å². The zero-order chi connectivity index (χ0) is 15.6. The van der Waals surface area contributed by atoms with E-state index in [0.717, 1.165) is 11.1 Å². The Morgan fingerprint density at radius 2 is 1.71 bits per heavy atom. The summed E-state index contributed by atoms with van der Waals surface area (Å²) in [4.78, 5) is 24.7. The largest absolute Gasteiger partial charge is 0.478 e. The van der Waals surface area contributed by atoms with E-state index in [4.69, 9.17) is 0 Å². The van der Waals surface area contributed by atoms with Crippen LogP contribution in [0.3, 0.4) is 0 Å². The molecule has 1 N–H and O–H groups in total. The topological polar surface area (TPSA) is 57.6 Å². The lowest BCUT2D eigenvalue weighted by Gasteiger charge is -2.13. The smallest absolute Gasteiger partial charge is 0.335 e. The molecule has 0 saturated carbocycles. The number of hydrogen-bond donors (Lipinski definition) is 1. The van der Waals surface area contributed by atoms with E-state index in [2.05, 4.69) is 0 Å². The summed E-state index contributed by atoms with van der Waals surface area (Å²) in [6, 6.07) is 12.4. The summed E-state index contributed by atoms with van der Waals surface area (Å²) in [5.74, 6) is -1.03. The minimum absolute atomic E-state index is 0.0797. The summed E-state index contributed by atoms with van der Waals surface area (Å²) >= 11 is 0. The van der Waals surface area contributed by atoms with Gasteiger partial charge in [0, 0.05) is 19.7 Å². The molecule has 0 radical (unpaired) electrons. The van der Waals surface area contributed by atoms with Crippen LogP contribution in [0, 0.1) is 6.92 Å². The number of carboxylic acid groups (broad SMARTS) is 1. The summed E-state index contributed by atoms with van der Waals surface area (Å²) in [7, 11) is 3.40. The predicted octanol–water partition coefficient (Wildman–Crippen LogP) is 3.06. The highest BCUT2D eigenvalue weighted by Crippen LogP contribution is 2.26. The fourth-order valence-electron chi connectivity index (χ4n) is 2.26. The van der Waals surface area contributed by atoms with Gasteiger partial charge in [0.1, 0.15) is 0 Å². The number of benzene rings is 2. The van der Waals surface area contributed by atoms with Crippen molar-refractivity contribution in [2.75, 3.05) is 14.1 Å². The Morgan fingerprint density at radius 3 is 2.33 bits per heavy atom. The summed E-state index contributed by atoms with van der Waals surface area (Å²) < 4.78 is 0. The molecule has 2 rings (SSSR count). The third-order valence-electron chi connectivity index (χ3n) is 3.39. The Kier molecular flexibility index (Phi) is 4.08. The maximum Gasteiger partial charge on any atom is 0.335 e. The standard InChI is InChI=1S/C17H17NO3/c1-11-14(8-5-9-15(11)17(20)21)12-6-4-7-13(10-12)16(19)18(2)3/h4-10H,1-3H3,(H,20,21). The molecule has 0 aliphatic heterocycles. The first-order chi connectivity index (χ1) is 9.91. The Labute approximate surface area is 123 Å². The van der Waals surface area contributed by atoms with Gasteiger partial charge in [-0.1, -0.05) is 24.3 Å². The number of aromatic carboxylic acids is 1. The molecule has 108 valence electrons. The monoisotopic (exact) mass is 283 g/mol. The highest BCUT2D eigenvalue weighted by molar-refractivity contribution is 5.96.